The summed E-state index contributed by atoms with van der Waals surface area (Å²) in [5.41, 5.74) is 0. The second-order valence-corrected chi connectivity index (χ2v) is 5.95. The maximum atomic E-state index is 4.99. The summed E-state index contributed by atoms with van der Waals surface area (Å²) in [5, 5.41) is 6.50. The number of thiophene rings is 1. The minimum Gasteiger partial charge on any atom is -0.385 e. The maximum Gasteiger partial charge on any atom is 0.191 e. The van der Waals surface area contributed by atoms with Crippen LogP contribution in [0.1, 0.15) is 11.3 Å². The van der Waals surface area contributed by atoms with Crippen molar-refractivity contribution in [3.8, 4) is 0 Å². The zero-order valence-corrected chi connectivity index (χ0v) is 15.3. The zero-order chi connectivity index (χ0) is 12.5. The van der Waals surface area contributed by atoms with Crippen LogP contribution in [-0.2, 0) is 11.3 Å². The fourth-order valence-corrected chi connectivity index (χ4v) is 2.68. The van der Waals surface area contributed by atoms with E-state index >= 15 is 0 Å². The molecule has 0 saturated carbocycles. The van der Waals surface area contributed by atoms with Crippen LogP contribution >= 0.6 is 51.2 Å². The van der Waals surface area contributed by atoms with Crippen molar-refractivity contribution in [1.82, 2.24) is 10.6 Å². The minimum atomic E-state index is 0. The van der Waals surface area contributed by atoms with Crippen molar-refractivity contribution in [2.45, 2.75) is 13.0 Å². The Hall–Kier alpha value is 0.140. The van der Waals surface area contributed by atoms with Crippen LogP contribution in [0.2, 0.25) is 0 Å². The maximum absolute atomic E-state index is 4.99. The molecule has 4 nitrogen and oxygen atoms in total. The monoisotopic (exact) mass is 447 g/mol. The van der Waals surface area contributed by atoms with E-state index < -0.39 is 0 Å². The van der Waals surface area contributed by atoms with Crippen molar-refractivity contribution < 1.29 is 4.74 Å². The third-order valence-corrected chi connectivity index (χ3v) is 3.72. The van der Waals surface area contributed by atoms with E-state index in [4.69, 9.17) is 4.74 Å². The number of rotatable bonds is 6. The van der Waals surface area contributed by atoms with Crippen molar-refractivity contribution >= 4 is 57.2 Å². The van der Waals surface area contributed by atoms with Gasteiger partial charge in [0.05, 0.1) is 10.3 Å². The molecule has 1 rings (SSSR count). The number of aliphatic imine (C=N–C) groups is 1. The number of hydrogen-bond donors (Lipinski definition) is 2. The van der Waals surface area contributed by atoms with Crippen molar-refractivity contribution in [3.63, 3.8) is 0 Å². The molecule has 1 heterocycles. The summed E-state index contributed by atoms with van der Waals surface area (Å²) in [7, 11) is 3.48. The first-order chi connectivity index (χ1) is 8.26. The van der Waals surface area contributed by atoms with Gasteiger partial charge in [-0.3, -0.25) is 4.99 Å². The Labute approximate surface area is 138 Å². The van der Waals surface area contributed by atoms with Crippen LogP contribution in [0.4, 0.5) is 0 Å². The van der Waals surface area contributed by atoms with E-state index in [1.807, 2.05) is 0 Å². The van der Waals surface area contributed by atoms with Crippen LogP contribution in [0, 0.1) is 0 Å². The molecule has 1 aromatic rings. The van der Waals surface area contributed by atoms with E-state index in [-0.39, 0.29) is 24.0 Å². The molecule has 0 aliphatic rings. The third kappa shape index (κ3) is 7.55. The van der Waals surface area contributed by atoms with Gasteiger partial charge in [-0.05, 0) is 34.5 Å². The number of ether oxygens (including phenoxy) is 1. The molecule has 2 N–H and O–H groups in total. The highest BCUT2D eigenvalue weighted by molar-refractivity contribution is 14.0. The quantitative estimate of drug-likeness (QED) is 0.305. The summed E-state index contributed by atoms with van der Waals surface area (Å²) in [5.74, 6) is 0.825. The minimum absolute atomic E-state index is 0. The molecule has 0 aliphatic heterocycles. The first-order valence-electron chi connectivity index (χ1n) is 5.44. The van der Waals surface area contributed by atoms with Crippen molar-refractivity contribution in [3.05, 3.63) is 20.8 Å². The molecule has 104 valence electrons. The molecule has 0 saturated heterocycles. The Morgan fingerprint density at radius 3 is 2.78 bits per heavy atom. The van der Waals surface area contributed by atoms with Crippen LogP contribution in [0.3, 0.4) is 0 Å². The fourth-order valence-electron chi connectivity index (χ4n) is 1.26. The van der Waals surface area contributed by atoms with Crippen LogP contribution in [-0.4, -0.2) is 33.3 Å². The van der Waals surface area contributed by atoms with Gasteiger partial charge in [-0.15, -0.1) is 35.3 Å². The summed E-state index contributed by atoms with van der Waals surface area (Å²) < 4.78 is 6.14. The molecular formula is C11H19BrIN3OS. The van der Waals surface area contributed by atoms with Gasteiger partial charge in [0.25, 0.3) is 0 Å². The average molecular weight is 448 g/mol. The van der Waals surface area contributed by atoms with Gasteiger partial charge in [0.2, 0.25) is 0 Å². The van der Waals surface area contributed by atoms with Crippen LogP contribution in [0.5, 0.6) is 0 Å². The molecule has 0 unspecified atom stereocenters. The van der Waals surface area contributed by atoms with E-state index in [0.717, 1.165) is 35.9 Å². The molecule has 0 aromatic carbocycles. The zero-order valence-electron chi connectivity index (χ0n) is 10.5. The molecule has 0 fully saturated rings. The predicted molar refractivity (Wildman–Crippen MR) is 92.1 cm³/mol. The smallest absolute Gasteiger partial charge is 0.191 e. The molecule has 1 aromatic heterocycles. The Balaban J connectivity index is 0.00000289. The van der Waals surface area contributed by atoms with E-state index in [2.05, 4.69) is 43.7 Å². The van der Waals surface area contributed by atoms with Crippen LogP contribution in [0.25, 0.3) is 0 Å². The molecule has 18 heavy (non-hydrogen) atoms. The highest BCUT2D eigenvalue weighted by Gasteiger charge is 2.00. The molecule has 0 radical (unpaired) electrons. The molecule has 7 heteroatoms. The number of nitrogens with zero attached hydrogens (tertiary/aromatic N) is 1. The summed E-state index contributed by atoms with van der Waals surface area (Å²) in [4.78, 5) is 5.43. The molecular weight excluding hydrogens is 429 g/mol. The van der Waals surface area contributed by atoms with Gasteiger partial charge in [0.15, 0.2) is 5.96 Å². The molecule has 0 spiro atoms. The lowest BCUT2D eigenvalue weighted by Crippen LogP contribution is -2.37. The largest absolute Gasteiger partial charge is 0.385 e. The molecule has 0 amide bonds. The van der Waals surface area contributed by atoms with Crippen molar-refractivity contribution in [1.29, 1.82) is 0 Å². The van der Waals surface area contributed by atoms with Crippen molar-refractivity contribution in [2.75, 3.05) is 27.3 Å². The van der Waals surface area contributed by atoms with E-state index in [9.17, 15) is 0 Å². The lowest BCUT2D eigenvalue weighted by atomic mass is 10.4. The third-order valence-electron chi connectivity index (χ3n) is 2.10. The second kappa shape index (κ2) is 11.0. The molecule has 0 bridgehead atoms. The molecule has 0 atom stereocenters. The SMILES string of the molecule is CN=C(NCCCOC)NCc1ccc(Br)s1.I. The van der Waals surface area contributed by atoms with Gasteiger partial charge in [0, 0.05) is 32.2 Å². The fraction of sp³-hybridized carbons (Fsp3) is 0.545. The normalized spacial score (nSPS) is 10.9. The Kier molecular flexibility index (Phi) is 11.1. The number of nitrogens with one attached hydrogen (secondary N) is 2. The average Bonchev–Trinajstić information content (AvgIpc) is 2.74. The Morgan fingerprint density at radius 1 is 1.44 bits per heavy atom. The van der Waals surface area contributed by atoms with Crippen LogP contribution < -0.4 is 10.6 Å². The first kappa shape index (κ1) is 18.1. The first-order valence-corrected chi connectivity index (χ1v) is 7.05. The summed E-state index contributed by atoms with van der Waals surface area (Å²) in [6, 6.07) is 4.15. The summed E-state index contributed by atoms with van der Waals surface area (Å²) in [6.07, 6.45) is 0.974. The highest BCUT2D eigenvalue weighted by Crippen LogP contribution is 2.21. The number of halogens is 2. The Morgan fingerprint density at radius 2 is 2.22 bits per heavy atom. The lowest BCUT2D eigenvalue weighted by Gasteiger charge is -2.10. The van der Waals surface area contributed by atoms with Gasteiger partial charge in [0.1, 0.15) is 0 Å². The predicted octanol–water partition coefficient (Wildman–Crippen LogP) is 2.83. The number of hydrogen-bond acceptors (Lipinski definition) is 3. The number of methoxy groups -OCH3 is 1. The van der Waals surface area contributed by atoms with Gasteiger partial charge in [-0.2, -0.15) is 0 Å². The van der Waals surface area contributed by atoms with Crippen LogP contribution in [0.15, 0.2) is 20.9 Å². The van der Waals surface area contributed by atoms with Gasteiger partial charge < -0.3 is 15.4 Å². The number of guanidine groups is 1. The van der Waals surface area contributed by atoms with Gasteiger partial charge in [-0.25, -0.2) is 0 Å². The summed E-state index contributed by atoms with van der Waals surface area (Å²) in [6.45, 7) is 2.42. The van der Waals surface area contributed by atoms with Gasteiger partial charge >= 0.3 is 0 Å². The topological polar surface area (TPSA) is 45.7 Å². The van der Waals surface area contributed by atoms with E-state index in [0.29, 0.717) is 0 Å². The van der Waals surface area contributed by atoms with Crippen molar-refractivity contribution in [2.24, 2.45) is 4.99 Å². The lowest BCUT2D eigenvalue weighted by molar-refractivity contribution is 0.195. The van der Waals surface area contributed by atoms with E-state index in [1.165, 1.54) is 4.88 Å². The highest BCUT2D eigenvalue weighted by atomic mass is 127. The summed E-state index contributed by atoms with van der Waals surface area (Å²) >= 11 is 5.17. The van der Waals surface area contributed by atoms with Gasteiger partial charge in [-0.1, -0.05) is 0 Å². The second-order valence-electron chi connectivity index (χ2n) is 3.40. The standard InChI is InChI=1S/C11H18BrN3OS.HI/c1-13-11(14-6-3-7-16-2)15-8-9-4-5-10(12)17-9;/h4-5H,3,6-8H2,1-2H3,(H2,13,14,15);1H. The molecule has 0 aliphatic carbocycles. The van der Waals surface area contributed by atoms with E-state index in [1.54, 1.807) is 25.5 Å². The Bertz CT molecular complexity index is 360.